The Morgan fingerprint density at radius 2 is 2.30 bits per heavy atom. The van der Waals surface area contributed by atoms with E-state index in [0.29, 0.717) is 6.54 Å². The van der Waals surface area contributed by atoms with Gasteiger partial charge in [0.25, 0.3) is 0 Å². The van der Waals surface area contributed by atoms with Gasteiger partial charge in [-0.2, -0.15) is 0 Å². The van der Waals surface area contributed by atoms with Crippen molar-refractivity contribution in [2.24, 2.45) is 5.73 Å². The van der Waals surface area contributed by atoms with E-state index in [0.717, 1.165) is 9.39 Å². The molecule has 0 amide bonds. The number of hydrogen-bond acceptors (Lipinski definition) is 2. The molecular weight excluding hydrogens is 239 g/mol. The van der Waals surface area contributed by atoms with Crippen molar-refractivity contribution >= 4 is 22.6 Å². The maximum atomic E-state index is 5.42. The number of aromatic nitrogens is 1. The van der Waals surface area contributed by atoms with E-state index >= 15 is 0 Å². The van der Waals surface area contributed by atoms with Crippen molar-refractivity contribution in [3.8, 4) is 0 Å². The molecule has 0 unspecified atom stereocenters. The molecule has 1 heterocycles. The molecule has 0 radical (unpaired) electrons. The molecule has 1 rings (SSSR count). The minimum absolute atomic E-state index is 0.525. The fraction of sp³-hybridized carbons (Fsp3) is 0.286. The predicted molar refractivity (Wildman–Crippen MR) is 49.6 cm³/mol. The lowest BCUT2D eigenvalue weighted by molar-refractivity contribution is 0.972. The summed E-state index contributed by atoms with van der Waals surface area (Å²) < 4.78 is 1.01. The van der Waals surface area contributed by atoms with E-state index in [-0.39, 0.29) is 0 Å². The predicted octanol–water partition coefficient (Wildman–Crippen LogP) is 1.45. The summed E-state index contributed by atoms with van der Waals surface area (Å²) in [6.07, 6.45) is 0. The monoisotopic (exact) mass is 248 g/mol. The topological polar surface area (TPSA) is 38.9 Å². The minimum atomic E-state index is 0.525. The van der Waals surface area contributed by atoms with Crippen molar-refractivity contribution in [2.75, 3.05) is 0 Å². The van der Waals surface area contributed by atoms with Gasteiger partial charge in [-0.25, -0.2) is 4.98 Å². The Hall–Kier alpha value is -0.160. The molecule has 0 aliphatic heterocycles. The lowest BCUT2D eigenvalue weighted by Gasteiger charge is -1.98. The second-order valence-electron chi connectivity index (χ2n) is 2.16. The SMILES string of the molecule is Cc1cc(I)nc(CN)c1. The Bertz CT molecular complexity index is 215. The molecule has 10 heavy (non-hydrogen) atoms. The summed E-state index contributed by atoms with van der Waals surface area (Å²) in [5, 5.41) is 0. The summed E-state index contributed by atoms with van der Waals surface area (Å²) in [4.78, 5) is 4.21. The van der Waals surface area contributed by atoms with Crippen LogP contribution in [0.2, 0.25) is 0 Å². The Labute approximate surface area is 74.0 Å². The number of nitrogens with zero attached hydrogens (tertiary/aromatic N) is 1. The van der Waals surface area contributed by atoms with Gasteiger partial charge in [-0.1, -0.05) is 0 Å². The average Bonchev–Trinajstić information content (AvgIpc) is 1.85. The number of aryl methyl sites for hydroxylation is 1. The molecule has 0 atom stereocenters. The van der Waals surface area contributed by atoms with Crippen LogP contribution in [0.15, 0.2) is 12.1 Å². The molecule has 2 nitrogen and oxygen atoms in total. The van der Waals surface area contributed by atoms with Gasteiger partial charge < -0.3 is 5.73 Å². The maximum Gasteiger partial charge on any atom is 0.102 e. The summed E-state index contributed by atoms with van der Waals surface area (Å²) in [6, 6.07) is 4.03. The van der Waals surface area contributed by atoms with E-state index in [1.54, 1.807) is 0 Å². The van der Waals surface area contributed by atoms with Gasteiger partial charge in [0.2, 0.25) is 0 Å². The fourth-order valence-corrected chi connectivity index (χ4v) is 1.60. The molecule has 1 aromatic rings. The van der Waals surface area contributed by atoms with Crippen LogP contribution in [-0.4, -0.2) is 4.98 Å². The van der Waals surface area contributed by atoms with Crippen molar-refractivity contribution in [3.63, 3.8) is 0 Å². The Kier molecular flexibility index (Phi) is 2.62. The van der Waals surface area contributed by atoms with Crippen molar-refractivity contribution in [1.29, 1.82) is 0 Å². The zero-order valence-electron chi connectivity index (χ0n) is 5.76. The van der Waals surface area contributed by atoms with Gasteiger partial charge in [0, 0.05) is 6.54 Å². The van der Waals surface area contributed by atoms with Gasteiger partial charge in [-0.05, 0) is 47.2 Å². The first-order valence-electron chi connectivity index (χ1n) is 3.05. The zero-order valence-corrected chi connectivity index (χ0v) is 7.92. The van der Waals surface area contributed by atoms with Crippen LogP contribution < -0.4 is 5.73 Å². The Morgan fingerprint density at radius 1 is 1.60 bits per heavy atom. The summed E-state index contributed by atoms with van der Waals surface area (Å²) in [5.41, 5.74) is 7.61. The van der Waals surface area contributed by atoms with Gasteiger partial charge >= 0.3 is 0 Å². The van der Waals surface area contributed by atoms with Crippen molar-refractivity contribution in [1.82, 2.24) is 4.98 Å². The molecule has 0 aromatic carbocycles. The van der Waals surface area contributed by atoms with Crippen LogP contribution in [0.3, 0.4) is 0 Å². The first-order valence-corrected chi connectivity index (χ1v) is 4.13. The Morgan fingerprint density at radius 3 is 2.80 bits per heavy atom. The average molecular weight is 248 g/mol. The lowest BCUT2D eigenvalue weighted by Crippen LogP contribution is -2.00. The van der Waals surface area contributed by atoms with Crippen molar-refractivity contribution in [3.05, 3.63) is 27.1 Å². The van der Waals surface area contributed by atoms with Crippen LogP contribution in [0.4, 0.5) is 0 Å². The molecule has 1 aromatic heterocycles. The summed E-state index contributed by atoms with van der Waals surface area (Å²) in [6.45, 7) is 2.57. The number of hydrogen-bond donors (Lipinski definition) is 1. The summed E-state index contributed by atoms with van der Waals surface area (Å²) in [7, 11) is 0. The molecule has 0 fully saturated rings. The highest BCUT2D eigenvalue weighted by Crippen LogP contribution is 2.06. The first kappa shape index (κ1) is 7.94. The second-order valence-corrected chi connectivity index (χ2v) is 3.27. The third-order valence-electron chi connectivity index (χ3n) is 1.20. The van der Waals surface area contributed by atoms with E-state index < -0.39 is 0 Å². The molecule has 54 valence electrons. The first-order chi connectivity index (χ1) is 4.72. The number of nitrogens with two attached hydrogens (primary N) is 1. The van der Waals surface area contributed by atoms with Gasteiger partial charge in [0.15, 0.2) is 0 Å². The van der Waals surface area contributed by atoms with Crippen LogP contribution in [0.25, 0.3) is 0 Å². The van der Waals surface area contributed by atoms with Crippen molar-refractivity contribution < 1.29 is 0 Å². The number of pyridine rings is 1. The molecule has 2 N–H and O–H groups in total. The maximum absolute atomic E-state index is 5.42. The van der Waals surface area contributed by atoms with Crippen LogP contribution in [-0.2, 0) is 6.54 Å². The molecular formula is C7H9IN2. The normalized spacial score (nSPS) is 9.90. The molecule has 0 aliphatic carbocycles. The van der Waals surface area contributed by atoms with Gasteiger partial charge in [-0.15, -0.1) is 0 Å². The zero-order chi connectivity index (χ0) is 7.56. The van der Waals surface area contributed by atoms with Gasteiger partial charge in [0.1, 0.15) is 3.70 Å². The minimum Gasteiger partial charge on any atom is -0.325 e. The quantitative estimate of drug-likeness (QED) is 0.603. The fourth-order valence-electron chi connectivity index (χ4n) is 0.799. The largest absolute Gasteiger partial charge is 0.325 e. The standard InChI is InChI=1S/C7H9IN2/c1-5-2-6(4-9)10-7(8)3-5/h2-3H,4,9H2,1H3. The van der Waals surface area contributed by atoms with Gasteiger partial charge in [-0.3, -0.25) is 0 Å². The summed E-state index contributed by atoms with van der Waals surface area (Å²) >= 11 is 2.19. The third kappa shape index (κ3) is 1.91. The molecule has 0 spiro atoms. The third-order valence-corrected chi connectivity index (χ3v) is 1.75. The van der Waals surface area contributed by atoms with Crippen LogP contribution in [0.5, 0.6) is 0 Å². The van der Waals surface area contributed by atoms with Crippen molar-refractivity contribution in [2.45, 2.75) is 13.5 Å². The smallest absolute Gasteiger partial charge is 0.102 e. The Balaban J connectivity index is 3.06. The van der Waals surface area contributed by atoms with Crippen LogP contribution in [0.1, 0.15) is 11.3 Å². The van der Waals surface area contributed by atoms with E-state index in [2.05, 4.69) is 27.6 Å². The van der Waals surface area contributed by atoms with Crippen LogP contribution in [0, 0.1) is 10.6 Å². The van der Waals surface area contributed by atoms with E-state index in [1.165, 1.54) is 5.56 Å². The van der Waals surface area contributed by atoms with Gasteiger partial charge in [0.05, 0.1) is 5.69 Å². The van der Waals surface area contributed by atoms with Crippen LogP contribution >= 0.6 is 22.6 Å². The molecule has 0 aliphatic rings. The highest BCUT2D eigenvalue weighted by Gasteiger charge is 1.94. The number of rotatable bonds is 1. The van der Waals surface area contributed by atoms with E-state index in [1.807, 2.05) is 19.1 Å². The van der Waals surface area contributed by atoms with E-state index in [4.69, 9.17) is 5.73 Å². The second kappa shape index (κ2) is 3.30. The molecule has 0 bridgehead atoms. The lowest BCUT2D eigenvalue weighted by atomic mass is 10.2. The summed E-state index contributed by atoms with van der Waals surface area (Å²) in [5.74, 6) is 0. The highest BCUT2D eigenvalue weighted by molar-refractivity contribution is 14.1. The highest BCUT2D eigenvalue weighted by atomic mass is 127. The molecule has 3 heteroatoms. The number of halogens is 1. The molecule has 0 saturated carbocycles. The van der Waals surface area contributed by atoms with E-state index in [9.17, 15) is 0 Å². The molecule has 0 saturated heterocycles.